The number of carbonyl (C=O) groups is 1. The molecule has 0 bridgehead atoms. The summed E-state index contributed by atoms with van der Waals surface area (Å²) in [5.74, 6) is 1.59. The van der Waals surface area contributed by atoms with Gasteiger partial charge in [-0.2, -0.15) is 5.26 Å². The molecule has 0 spiro atoms. The minimum atomic E-state index is -1.18. The highest BCUT2D eigenvalue weighted by Gasteiger charge is 2.20. The van der Waals surface area contributed by atoms with Crippen molar-refractivity contribution in [2.75, 3.05) is 26.9 Å². The lowest BCUT2D eigenvalue weighted by Crippen LogP contribution is -2.39. The van der Waals surface area contributed by atoms with Crippen LogP contribution in [0.2, 0.25) is 0 Å². The molecule has 5 rings (SSSR count). The van der Waals surface area contributed by atoms with Crippen LogP contribution in [-0.4, -0.2) is 49.2 Å². The fraction of sp³-hybridized carbons (Fsp3) is 0.297. The highest BCUT2D eigenvalue weighted by molar-refractivity contribution is 5.73. The second-order valence-corrected chi connectivity index (χ2v) is 10.4. The number of nitriles is 1. The summed E-state index contributed by atoms with van der Waals surface area (Å²) in [7, 11) is 1.50. The third kappa shape index (κ3) is 8.73. The number of methoxy groups -OCH3 is 1. The second-order valence-electron chi connectivity index (χ2n) is 10.4. The molecule has 0 amide bonds. The van der Waals surface area contributed by atoms with E-state index in [0.29, 0.717) is 41.6 Å². The number of carboxylic acid groups (broad SMARTS) is 1. The van der Waals surface area contributed by atoms with Crippen LogP contribution in [0.15, 0.2) is 72.8 Å². The van der Waals surface area contributed by atoms with Crippen molar-refractivity contribution < 1.29 is 38.7 Å². The summed E-state index contributed by atoms with van der Waals surface area (Å²) in [6, 6.07) is 23.4. The summed E-state index contributed by atoms with van der Waals surface area (Å²) in [6.07, 6.45) is 0. The standard InChI is InChI=1S/C35H34N2O8.C2H6/c1-22-26(7-4-8-28(22)25-9-10-31-34(14-25)43-12-11-42-31)21-44-27-15-32(41-2)29(18-37-30(19-38)35(39)40)33(16-27)45-20-24-6-3-5-23(13-24)17-36;1-2/h3-10,13-16,30,37-38H,11-12,18-21H2,1-2H3,(H,39,40);1-2H3/t30-;/m0./s1. The molecule has 0 unspecified atom stereocenters. The Balaban J connectivity index is 0.00000245. The Morgan fingerprint density at radius 3 is 2.43 bits per heavy atom. The minimum Gasteiger partial charge on any atom is -0.496 e. The lowest BCUT2D eigenvalue weighted by molar-refractivity contribution is -0.140. The number of aliphatic hydroxyl groups is 1. The van der Waals surface area contributed by atoms with Crippen LogP contribution in [0.25, 0.3) is 11.1 Å². The van der Waals surface area contributed by atoms with Gasteiger partial charge in [-0.25, -0.2) is 0 Å². The predicted molar refractivity (Wildman–Crippen MR) is 177 cm³/mol. The van der Waals surface area contributed by atoms with Crippen molar-refractivity contribution >= 4 is 5.97 Å². The maximum Gasteiger partial charge on any atom is 0.323 e. The van der Waals surface area contributed by atoms with Crippen molar-refractivity contribution in [2.45, 2.75) is 46.6 Å². The van der Waals surface area contributed by atoms with E-state index in [1.165, 1.54) is 7.11 Å². The number of hydrogen-bond donors (Lipinski definition) is 3. The SMILES string of the molecule is CC.COc1cc(OCc2cccc(-c3ccc4c(c3)OCCO4)c2C)cc(OCc2cccc(C#N)c2)c1CN[C@@H](CO)C(=O)O. The highest BCUT2D eigenvalue weighted by atomic mass is 16.6. The summed E-state index contributed by atoms with van der Waals surface area (Å²) >= 11 is 0. The maximum atomic E-state index is 11.5. The molecule has 10 heteroatoms. The molecule has 0 aromatic heterocycles. The Bertz CT molecular complexity index is 1720. The van der Waals surface area contributed by atoms with E-state index in [2.05, 4.69) is 17.5 Å². The molecule has 1 heterocycles. The third-order valence-electron chi connectivity index (χ3n) is 7.51. The number of ether oxygens (including phenoxy) is 5. The van der Waals surface area contributed by atoms with Crippen molar-refractivity contribution in [3.8, 4) is 45.9 Å². The molecule has 3 N–H and O–H groups in total. The number of fused-ring (bicyclic) bond motifs is 1. The average molecular weight is 641 g/mol. The van der Waals surface area contributed by atoms with E-state index in [9.17, 15) is 20.3 Å². The number of nitrogens with zero attached hydrogens (tertiary/aromatic N) is 1. The number of hydrogen-bond acceptors (Lipinski definition) is 9. The first-order chi connectivity index (χ1) is 22.9. The molecule has 246 valence electrons. The normalized spacial score (nSPS) is 12.2. The van der Waals surface area contributed by atoms with E-state index in [1.807, 2.05) is 57.2 Å². The fourth-order valence-electron chi connectivity index (χ4n) is 5.04. The number of nitrogens with one attached hydrogen (secondary N) is 1. The van der Waals surface area contributed by atoms with Gasteiger partial charge in [0, 0.05) is 18.7 Å². The Kier molecular flexibility index (Phi) is 12.4. The van der Waals surface area contributed by atoms with Crippen molar-refractivity contribution in [3.63, 3.8) is 0 Å². The van der Waals surface area contributed by atoms with Crippen LogP contribution < -0.4 is 29.0 Å². The number of aliphatic carboxylic acids is 1. The number of aliphatic hydroxyl groups excluding tert-OH is 1. The van der Waals surface area contributed by atoms with Crippen LogP contribution in [-0.2, 0) is 24.6 Å². The minimum absolute atomic E-state index is 0.0469. The summed E-state index contributed by atoms with van der Waals surface area (Å²) < 4.78 is 29.6. The van der Waals surface area contributed by atoms with Crippen LogP contribution in [0.5, 0.6) is 28.7 Å². The molecule has 0 aliphatic carbocycles. The Morgan fingerprint density at radius 2 is 1.70 bits per heavy atom. The predicted octanol–water partition coefficient (Wildman–Crippen LogP) is 6.03. The van der Waals surface area contributed by atoms with Gasteiger partial charge in [-0.15, -0.1) is 0 Å². The summed E-state index contributed by atoms with van der Waals surface area (Å²) in [5, 5.41) is 31.0. The molecule has 1 aliphatic heterocycles. The topological polar surface area (TPSA) is 140 Å². The summed E-state index contributed by atoms with van der Waals surface area (Å²) in [6.45, 7) is 6.97. The van der Waals surface area contributed by atoms with E-state index >= 15 is 0 Å². The van der Waals surface area contributed by atoms with Crippen molar-refractivity contribution in [2.24, 2.45) is 0 Å². The van der Waals surface area contributed by atoms with Crippen LogP contribution in [0.3, 0.4) is 0 Å². The molecule has 47 heavy (non-hydrogen) atoms. The molecule has 0 radical (unpaired) electrons. The Labute approximate surface area is 275 Å². The summed E-state index contributed by atoms with van der Waals surface area (Å²) in [4.78, 5) is 11.5. The molecule has 1 aliphatic rings. The lowest BCUT2D eigenvalue weighted by atomic mass is 9.96. The monoisotopic (exact) mass is 640 g/mol. The van der Waals surface area contributed by atoms with E-state index < -0.39 is 18.6 Å². The van der Waals surface area contributed by atoms with Gasteiger partial charge in [0.05, 0.1) is 30.9 Å². The van der Waals surface area contributed by atoms with Gasteiger partial charge >= 0.3 is 5.97 Å². The largest absolute Gasteiger partial charge is 0.496 e. The van der Waals surface area contributed by atoms with Crippen molar-refractivity contribution in [1.29, 1.82) is 5.26 Å². The van der Waals surface area contributed by atoms with Crippen molar-refractivity contribution in [3.05, 3.63) is 101 Å². The molecular formula is C37H40N2O8. The molecule has 10 nitrogen and oxygen atoms in total. The molecule has 0 fully saturated rings. The van der Waals surface area contributed by atoms with Gasteiger partial charge < -0.3 is 33.9 Å². The smallest absolute Gasteiger partial charge is 0.323 e. The Morgan fingerprint density at radius 1 is 0.957 bits per heavy atom. The zero-order chi connectivity index (χ0) is 33.8. The lowest BCUT2D eigenvalue weighted by Gasteiger charge is -2.20. The molecule has 0 saturated carbocycles. The van der Waals surface area contributed by atoms with Crippen molar-refractivity contribution in [1.82, 2.24) is 5.32 Å². The highest BCUT2D eigenvalue weighted by Crippen LogP contribution is 2.38. The van der Waals surface area contributed by atoms with E-state index in [4.69, 9.17) is 23.7 Å². The average Bonchev–Trinajstić information content (AvgIpc) is 3.11. The number of benzene rings is 4. The van der Waals surface area contributed by atoms with Gasteiger partial charge in [-0.3, -0.25) is 10.1 Å². The van der Waals surface area contributed by atoms with Gasteiger partial charge in [0.1, 0.15) is 49.7 Å². The van der Waals surface area contributed by atoms with Gasteiger partial charge in [-0.1, -0.05) is 50.2 Å². The van der Waals surface area contributed by atoms with Crippen LogP contribution >= 0.6 is 0 Å². The Hall–Kier alpha value is -5.24. The van der Waals surface area contributed by atoms with Crippen LogP contribution in [0.1, 0.15) is 41.7 Å². The van der Waals surface area contributed by atoms with E-state index in [1.54, 1.807) is 30.3 Å². The molecule has 4 aromatic carbocycles. The molecule has 1 atom stereocenters. The van der Waals surface area contributed by atoms with Gasteiger partial charge in [0.15, 0.2) is 11.5 Å². The van der Waals surface area contributed by atoms with E-state index in [-0.39, 0.29) is 19.8 Å². The zero-order valence-corrected chi connectivity index (χ0v) is 27.0. The van der Waals surface area contributed by atoms with Gasteiger partial charge in [-0.05, 0) is 59.0 Å². The molecule has 0 saturated heterocycles. The quantitative estimate of drug-likeness (QED) is 0.159. The fourth-order valence-corrected chi connectivity index (χ4v) is 5.04. The zero-order valence-electron chi connectivity index (χ0n) is 27.0. The summed E-state index contributed by atoms with van der Waals surface area (Å²) in [5.41, 5.74) is 5.94. The van der Waals surface area contributed by atoms with Crippen LogP contribution in [0.4, 0.5) is 0 Å². The number of carboxylic acids is 1. The first-order valence-electron chi connectivity index (χ1n) is 15.4. The van der Waals surface area contributed by atoms with Crippen LogP contribution in [0, 0.1) is 18.3 Å². The maximum absolute atomic E-state index is 11.5. The van der Waals surface area contributed by atoms with E-state index in [0.717, 1.165) is 39.3 Å². The first kappa shape index (κ1) is 34.6. The molecular weight excluding hydrogens is 600 g/mol. The van der Waals surface area contributed by atoms with Gasteiger partial charge in [0.2, 0.25) is 0 Å². The number of rotatable bonds is 13. The van der Waals surface area contributed by atoms with Gasteiger partial charge in [0.25, 0.3) is 0 Å². The second kappa shape index (κ2) is 16.9. The first-order valence-corrected chi connectivity index (χ1v) is 15.4. The molecule has 4 aromatic rings. The third-order valence-corrected chi connectivity index (χ3v) is 7.51.